The second-order valence-electron chi connectivity index (χ2n) is 8.03. The summed E-state index contributed by atoms with van der Waals surface area (Å²) in [6, 6.07) is 11.0. The minimum absolute atomic E-state index is 0.00160. The molecular weight excluding hydrogens is 522 g/mol. The first-order valence-corrected chi connectivity index (χ1v) is 12.7. The summed E-state index contributed by atoms with van der Waals surface area (Å²) >= 11 is 7.25. The number of pyridine rings is 1. The lowest BCUT2D eigenvalue weighted by Crippen LogP contribution is -2.18. The maximum absolute atomic E-state index is 15.3. The molecule has 37 heavy (non-hydrogen) atoms. The number of carbonyl (C=O) groups excluding carboxylic acids is 2. The Kier molecular flexibility index (Phi) is 8.42. The summed E-state index contributed by atoms with van der Waals surface area (Å²) in [6.45, 7) is 1.36. The van der Waals surface area contributed by atoms with Gasteiger partial charge in [-0.3, -0.25) is 14.2 Å². The molecular formula is C26H23ClF2N4O3S. The van der Waals surface area contributed by atoms with E-state index in [4.69, 9.17) is 22.1 Å². The molecule has 3 N–H and O–H groups in total. The number of anilines is 1. The van der Waals surface area contributed by atoms with Crippen molar-refractivity contribution in [1.29, 1.82) is 0 Å². The Hall–Kier alpha value is -3.47. The highest BCUT2D eigenvalue weighted by molar-refractivity contribution is 8.00. The maximum Gasteiger partial charge on any atom is 0.321 e. The molecule has 0 fully saturated rings. The number of esters is 1. The third kappa shape index (κ3) is 5.76. The lowest BCUT2D eigenvalue weighted by molar-refractivity contribution is -0.145. The number of ether oxygens (including phenoxy) is 1. The van der Waals surface area contributed by atoms with Crippen molar-refractivity contribution in [2.45, 2.75) is 20.1 Å². The second kappa shape index (κ2) is 11.7. The van der Waals surface area contributed by atoms with Gasteiger partial charge in [0.2, 0.25) is 5.78 Å². The molecule has 0 atom stereocenters. The van der Waals surface area contributed by atoms with Gasteiger partial charge in [-0.05, 0) is 42.3 Å². The molecule has 192 valence electrons. The average molecular weight is 545 g/mol. The number of halogens is 3. The number of ketones is 1. The van der Waals surface area contributed by atoms with Crippen molar-refractivity contribution in [3.8, 4) is 11.1 Å². The van der Waals surface area contributed by atoms with Crippen LogP contribution in [0, 0.1) is 11.6 Å². The van der Waals surface area contributed by atoms with Gasteiger partial charge in [-0.2, -0.15) is 0 Å². The lowest BCUT2D eigenvalue weighted by atomic mass is 10.00. The number of hydrogen-bond donors (Lipinski definition) is 2. The number of hydrogen-bond acceptors (Lipinski definition) is 7. The third-order valence-electron chi connectivity index (χ3n) is 5.47. The molecule has 7 nitrogen and oxygen atoms in total. The monoisotopic (exact) mass is 544 g/mol. The van der Waals surface area contributed by atoms with E-state index in [-0.39, 0.29) is 24.5 Å². The summed E-state index contributed by atoms with van der Waals surface area (Å²) in [5.41, 5.74) is 6.34. The van der Waals surface area contributed by atoms with Crippen molar-refractivity contribution in [1.82, 2.24) is 9.55 Å². The summed E-state index contributed by atoms with van der Waals surface area (Å²) in [5, 5.41) is 0.886. The predicted molar refractivity (Wildman–Crippen MR) is 141 cm³/mol. The fraction of sp³-hybridized carbons (Fsp3) is 0.192. The van der Waals surface area contributed by atoms with E-state index >= 15 is 4.39 Å². The first-order valence-electron chi connectivity index (χ1n) is 11.3. The molecule has 0 aliphatic carbocycles. The van der Waals surface area contributed by atoms with Crippen molar-refractivity contribution in [3.63, 3.8) is 0 Å². The van der Waals surface area contributed by atoms with Crippen LogP contribution in [-0.4, -0.2) is 33.6 Å². The molecule has 2 aromatic carbocycles. The zero-order valence-electron chi connectivity index (χ0n) is 19.8. The van der Waals surface area contributed by atoms with E-state index in [1.165, 1.54) is 28.8 Å². The van der Waals surface area contributed by atoms with Crippen molar-refractivity contribution >= 4 is 52.0 Å². The number of carbonyl (C=O) groups is 2. The zero-order chi connectivity index (χ0) is 26.5. The molecule has 4 rings (SSSR count). The third-order valence-corrected chi connectivity index (χ3v) is 6.70. The lowest BCUT2D eigenvalue weighted by Gasteiger charge is -2.10. The SMILES string of the molecule is CCCSNc1ccc(F)c(C(=O)c2cn(COC(=O)CN)c3ncc(-c4ccc(Cl)cc4)cc23)c1F. The van der Waals surface area contributed by atoms with Crippen LogP contribution in [0.15, 0.2) is 54.9 Å². The number of nitrogens with two attached hydrogens (primary N) is 1. The van der Waals surface area contributed by atoms with E-state index in [0.717, 1.165) is 18.1 Å². The summed E-state index contributed by atoms with van der Waals surface area (Å²) in [6.07, 6.45) is 3.79. The van der Waals surface area contributed by atoms with Crippen LogP contribution in [0.4, 0.5) is 14.5 Å². The molecule has 0 saturated carbocycles. The number of aromatic nitrogens is 2. The number of nitrogens with zero attached hydrogens (tertiary/aromatic N) is 2. The molecule has 0 radical (unpaired) electrons. The quantitative estimate of drug-likeness (QED) is 0.113. The smallest absolute Gasteiger partial charge is 0.321 e. The highest BCUT2D eigenvalue weighted by Gasteiger charge is 2.26. The van der Waals surface area contributed by atoms with E-state index in [1.807, 2.05) is 6.92 Å². The van der Waals surface area contributed by atoms with Crippen LogP contribution in [0.3, 0.4) is 0 Å². The molecule has 4 aromatic rings. The Labute approximate surface area is 221 Å². The molecule has 0 saturated heterocycles. The van der Waals surface area contributed by atoms with Crippen molar-refractivity contribution in [3.05, 3.63) is 82.6 Å². The fourth-order valence-electron chi connectivity index (χ4n) is 3.66. The summed E-state index contributed by atoms with van der Waals surface area (Å²) < 4.78 is 39.5. The highest BCUT2D eigenvalue weighted by atomic mass is 35.5. The fourth-order valence-corrected chi connectivity index (χ4v) is 4.40. The van der Waals surface area contributed by atoms with Crippen molar-refractivity contribution in [2.75, 3.05) is 17.0 Å². The van der Waals surface area contributed by atoms with Gasteiger partial charge in [0.05, 0.1) is 23.4 Å². The Morgan fingerprint density at radius 1 is 1.16 bits per heavy atom. The maximum atomic E-state index is 15.3. The molecule has 0 unspecified atom stereocenters. The molecule has 0 aliphatic heterocycles. The van der Waals surface area contributed by atoms with Crippen LogP contribution >= 0.6 is 23.5 Å². The minimum Gasteiger partial charge on any atom is -0.443 e. The van der Waals surface area contributed by atoms with E-state index in [0.29, 0.717) is 27.4 Å². The Balaban J connectivity index is 1.82. The molecule has 0 bridgehead atoms. The minimum atomic E-state index is -0.995. The van der Waals surface area contributed by atoms with Gasteiger partial charge in [-0.15, -0.1) is 0 Å². The standard InChI is InChI=1S/C26H23ClF2N4O3S/c1-2-9-37-32-21-8-7-20(28)23(24(21)29)25(35)19-13-33(14-36-22(34)11-30)26-18(19)10-16(12-31-26)15-3-5-17(27)6-4-15/h3-8,10,12-13,32H,2,9,11,14,30H2,1H3. The molecule has 0 spiro atoms. The van der Waals surface area contributed by atoms with Gasteiger partial charge in [-0.1, -0.05) is 42.6 Å². The van der Waals surface area contributed by atoms with Crippen LogP contribution in [0.2, 0.25) is 5.02 Å². The number of rotatable bonds is 10. The van der Waals surface area contributed by atoms with Crippen LogP contribution in [0.25, 0.3) is 22.2 Å². The molecule has 2 heterocycles. The largest absolute Gasteiger partial charge is 0.443 e. The Morgan fingerprint density at radius 3 is 2.62 bits per heavy atom. The Morgan fingerprint density at radius 2 is 1.92 bits per heavy atom. The van der Waals surface area contributed by atoms with Gasteiger partial charge in [0, 0.05) is 34.1 Å². The van der Waals surface area contributed by atoms with E-state index in [1.54, 1.807) is 36.5 Å². The van der Waals surface area contributed by atoms with E-state index < -0.39 is 29.0 Å². The first-order chi connectivity index (χ1) is 17.8. The molecule has 2 aromatic heterocycles. The van der Waals surface area contributed by atoms with Gasteiger partial charge in [0.1, 0.15) is 11.5 Å². The van der Waals surface area contributed by atoms with Crippen molar-refractivity contribution in [2.24, 2.45) is 5.73 Å². The summed E-state index contributed by atoms with van der Waals surface area (Å²) in [5.74, 6) is -2.82. The average Bonchev–Trinajstić information content (AvgIpc) is 3.27. The van der Waals surface area contributed by atoms with Gasteiger partial charge >= 0.3 is 5.97 Å². The van der Waals surface area contributed by atoms with Crippen LogP contribution in [-0.2, 0) is 16.3 Å². The zero-order valence-corrected chi connectivity index (χ0v) is 21.3. The van der Waals surface area contributed by atoms with Gasteiger partial charge in [0.25, 0.3) is 0 Å². The number of fused-ring (bicyclic) bond motifs is 1. The topological polar surface area (TPSA) is 99.2 Å². The number of nitrogens with one attached hydrogen (secondary N) is 1. The van der Waals surface area contributed by atoms with E-state index in [2.05, 4.69) is 9.71 Å². The molecule has 0 aliphatic rings. The Bertz CT molecular complexity index is 1460. The van der Waals surface area contributed by atoms with Crippen LogP contribution in [0.1, 0.15) is 29.3 Å². The molecule has 0 amide bonds. The normalized spacial score (nSPS) is 11.1. The van der Waals surface area contributed by atoms with Gasteiger partial charge in [-0.25, -0.2) is 13.8 Å². The summed E-state index contributed by atoms with van der Waals surface area (Å²) in [7, 11) is 0. The molecule has 11 heteroatoms. The van der Waals surface area contributed by atoms with E-state index in [9.17, 15) is 14.0 Å². The van der Waals surface area contributed by atoms with Gasteiger partial charge in [0.15, 0.2) is 12.5 Å². The first kappa shape index (κ1) is 26.6. The summed E-state index contributed by atoms with van der Waals surface area (Å²) in [4.78, 5) is 29.6. The van der Waals surface area contributed by atoms with Crippen LogP contribution in [0.5, 0.6) is 0 Å². The highest BCUT2D eigenvalue weighted by Crippen LogP contribution is 2.31. The predicted octanol–water partition coefficient (Wildman–Crippen LogP) is 5.80. The van der Waals surface area contributed by atoms with Gasteiger partial charge < -0.3 is 15.2 Å². The van der Waals surface area contributed by atoms with Crippen LogP contribution < -0.4 is 10.5 Å². The second-order valence-corrected chi connectivity index (χ2v) is 9.37. The van der Waals surface area contributed by atoms with Crippen molar-refractivity contribution < 1.29 is 23.1 Å². The number of benzene rings is 2.